The number of carbonyl (C=O) groups excluding carboxylic acids is 1. The van der Waals surface area contributed by atoms with Gasteiger partial charge in [-0.2, -0.15) is 0 Å². The quantitative estimate of drug-likeness (QED) is 0.841. The summed E-state index contributed by atoms with van der Waals surface area (Å²) in [5, 5.41) is 3.28. The number of hydrogen-bond acceptors (Lipinski definition) is 2. The summed E-state index contributed by atoms with van der Waals surface area (Å²) in [6.45, 7) is 5.99. The first-order chi connectivity index (χ1) is 7.04. The second kappa shape index (κ2) is 5.31. The Bertz CT molecular complexity index is 361. The fourth-order valence-electron chi connectivity index (χ4n) is 1.38. The molecule has 1 rings (SSSR count). The maximum atomic E-state index is 11.7. The third-order valence-corrected chi connectivity index (χ3v) is 2.54. The number of benzene rings is 1. The summed E-state index contributed by atoms with van der Waals surface area (Å²) in [5.74, 6) is 0.172. The Morgan fingerprint density at radius 3 is 2.67 bits per heavy atom. The fraction of sp³-hybridized carbons (Fsp3) is 0.417. The molecule has 0 bridgehead atoms. The van der Waals surface area contributed by atoms with Crippen molar-refractivity contribution < 1.29 is 4.79 Å². The molecule has 0 spiro atoms. The summed E-state index contributed by atoms with van der Waals surface area (Å²) in [5.41, 5.74) is 1.68. The van der Waals surface area contributed by atoms with Gasteiger partial charge >= 0.3 is 0 Å². The van der Waals surface area contributed by atoms with Gasteiger partial charge in [-0.25, -0.2) is 0 Å². The molecule has 0 atom stereocenters. The molecule has 2 nitrogen and oxygen atoms in total. The van der Waals surface area contributed by atoms with Crippen LogP contribution in [0, 0.1) is 0 Å². The van der Waals surface area contributed by atoms with Gasteiger partial charge in [-0.15, -0.1) is 0 Å². The zero-order chi connectivity index (χ0) is 11.4. The van der Waals surface area contributed by atoms with Gasteiger partial charge < -0.3 is 5.32 Å². The maximum Gasteiger partial charge on any atom is 0.164 e. The number of halogens is 1. The van der Waals surface area contributed by atoms with Crippen LogP contribution in [0.1, 0.15) is 37.6 Å². The summed E-state index contributed by atoms with van der Waals surface area (Å²) < 4.78 is 0.985. The topological polar surface area (TPSA) is 29.1 Å². The summed E-state index contributed by atoms with van der Waals surface area (Å²) in [4.78, 5) is 11.7. The number of nitrogens with one attached hydrogen (secondary N) is 1. The summed E-state index contributed by atoms with van der Waals surface area (Å²) >= 11 is 3.41. The highest BCUT2D eigenvalue weighted by molar-refractivity contribution is 9.10. The predicted octanol–water partition coefficient (Wildman–Crippen LogP) is 3.86. The van der Waals surface area contributed by atoms with Crippen LogP contribution in [0.5, 0.6) is 0 Å². The summed E-state index contributed by atoms with van der Waals surface area (Å²) in [7, 11) is 0. The van der Waals surface area contributed by atoms with Crippen LogP contribution in [0.15, 0.2) is 22.7 Å². The number of carbonyl (C=O) groups is 1. The fourth-order valence-corrected chi connectivity index (χ4v) is 1.74. The van der Waals surface area contributed by atoms with E-state index in [1.54, 1.807) is 0 Å². The maximum absolute atomic E-state index is 11.7. The molecule has 3 heteroatoms. The standard InChI is InChI=1S/C12H16BrNO/c1-4-12(15)10-6-5-9(13)7-11(10)14-8(2)3/h5-8,14H,4H2,1-3H3. The van der Waals surface area contributed by atoms with E-state index in [1.807, 2.05) is 25.1 Å². The predicted molar refractivity (Wildman–Crippen MR) is 67.5 cm³/mol. The molecule has 1 N–H and O–H groups in total. The number of Topliss-reactive ketones (excluding diaryl/α,β-unsaturated/α-hetero) is 1. The van der Waals surface area contributed by atoms with Gasteiger partial charge in [0.1, 0.15) is 0 Å². The first kappa shape index (κ1) is 12.2. The minimum absolute atomic E-state index is 0.172. The highest BCUT2D eigenvalue weighted by Crippen LogP contribution is 2.23. The van der Waals surface area contributed by atoms with Crippen molar-refractivity contribution >= 4 is 27.4 Å². The molecule has 0 unspecified atom stereocenters. The van der Waals surface area contributed by atoms with Crippen LogP contribution in [-0.4, -0.2) is 11.8 Å². The van der Waals surface area contributed by atoms with Gasteiger partial charge in [0.2, 0.25) is 0 Å². The molecule has 1 aromatic carbocycles. The van der Waals surface area contributed by atoms with Crippen molar-refractivity contribution in [2.24, 2.45) is 0 Å². The van der Waals surface area contributed by atoms with Crippen molar-refractivity contribution in [2.75, 3.05) is 5.32 Å². The normalized spacial score (nSPS) is 10.5. The molecule has 0 aliphatic heterocycles. The lowest BCUT2D eigenvalue weighted by molar-refractivity contribution is 0.0989. The Hall–Kier alpha value is -0.830. The van der Waals surface area contributed by atoms with Crippen molar-refractivity contribution in [3.05, 3.63) is 28.2 Å². The van der Waals surface area contributed by atoms with Crippen molar-refractivity contribution in [2.45, 2.75) is 33.2 Å². The van der Waals surface area contributed by atoms with Gasteiger partial charge in [0.05, 0.1) is 0 Å². The number of anilines is 1. The van der Waals surface area contributed by atoms with E-state index in [4.69, 9.17) is 0 Å². The van der Waals surface area contributed by atoms with E-state index in [0.29, 0.717) is 12.5 Å². The molecule has 82 valence electrons. The second-order valence-electron chi connectivity index (χ2n) is 3.77. The largest absolute Gasteiger partial charge is 0.382 e. The summed E-state index contributed by atoms with van der Waals surface area (Å²) in [6, 6.07) is 6.03. The Kier molecular flexibility index (Phi) is 4.33. The first-order valence-electron chi connectivity index (χ1n) is 5.14. The lowest BCUT2D eigenvalue weighted by atomic mass is 10.1. The van der Waals surface area contributed by atoms with E-state index in [9.17, 15) is 4.79 Å². The zero-order valence-corrected chi connectivity index (χ0v) is 10.9. The number of rotatable bonds is 4. The van der Waals surface area contributed by atoms with Crippen LogP contribution < -0.4 is 5.32 Å². The average molecular weight is 270 g/mol. The van der Waals surface area contributed by atoms with Crippen LogP contribution >= 0.6 is 15.9 Å². The van der Waals surface area contributed by atoms with E-state index < -0.39 is 0 Å². The molecule has 0 aliphatic carbocycles. The van der Waals surface area contributed by atoms with Crippen LogP contribution in [0.2, 0.25) is 0 Å². The van der Waals surface area contributed by atoms with Gasteiger partial charge in [-0.05, 0) is 32.0 Å². The van der Waals surface area contributed by atoms with Gasteiger partial charge in [0.25, 0.3) is 0 Å². The molecular formula is C12H16BrNO. The molecule has 0 aromatic heterocycles. The van der Waals surface area contributed by atoms with Crippen LogP contribution in [0.4, 0.5) is 5.69 Å². The molecule has 0 radical (unpaired) electrons. The van der Waals surface area contributed by atoms with E-state index in [0.717, 1.165) is 15.7 Å². The highest BCUT2D eigenvalue weighted by Gasteiger charge is 2.10. The van der Waals surface area contributed by atoms with Crippen molar-refractivity contribution in [1.29, 1.82) is 0 Å². The second-order valence-corrected chi connectivity index (χ2v) is 4.68. The van der Waals surface area contributed by atoms with Crippen molar-refractivity contribution in [3.8, 4) is 0 Å². The Balaban J connectivity index is 3.08. The first-order valence-corrected chi connectivity index (χ1v) is 5.93. The van der Waals surface area contributed by atoms with E-state index in [2.05, 4.69) is 35.1 Å². The lowest BCUT2D eigenvalue weighted by Gasteiger charge is -2.14. The minimum atomic E-state index is 0.172. The van der Waals surface area contributed by atoms with Crippen molar-refractivity contribution in [3.63, 3.8) is 0 Å². The Morgan fingerprint density at radius 2 is 2.13 bits per heavy atom. The van der Waals surface area contributed by atoms with Crippen LogP contribution in [0.3, 0.4) is 0 Å². The molecule has 15 heavy (non-hydrogen) atoms. The van der Waals surface area contributed by atoms with Gasteiger partial charge in [0, 0.05) is 28.2 Å². The molecular weight excluding hydrogens is 254 g/mol. The number of hydrogen-bond donors (Lipinski definition) is 1. The molecule has 0 heterocycles. The van der Waals surface area contributed by atoms with E-state index in [1.165, 1.54) is 0 Å². The summed E-state index contributed by atoms with van der Waals surface area (Å²) in [6.07, 6.45) is 0.536. The molecule has 0 fully saturated rings. The Morgan fingerprint density at radius 1 is 1.47 bits per heavy atom. The molecule has 0 aliphatic rings. The smallest absolute Gasteiger partial charge is 0.164 e. The monoisotopic (exact) mass is 269 g/mol. The lowest BCUT2D eigenvalue weighted by Crippen LogP contribution is -2.13. The van der Waals surface area contributed by atoms with Gasteiger partial charge in [0.15, 0.2) is 5.78 Å². The molecule has 0 saturated carbocycles. The third kappa shape index (κ3) is 3.34. The van der Waals surface area contributed by atoms with E-state index >= 15 is 0 Å². The number of ketones is 1. The molecule has 1 aromatic rings. The highest BCUT2D eigenvalue weighted by atomic mass is 79.9. The third-order valence-electron chi connectivity index (χ3n) is 2.05. The van der Waals surface area contributed by atoms with E-state index in [-0.39, 0.29) is 5.78 Å². The van der Waals surface area contributed by atoms with Gasteiger partial charge in [-0.3, -0.25) is 4.79 Å². The molecule has 0 saturated heterocycles. The van der Waals surface area contributed by atoms with Crippen LogP contribution in [0.25, 0.3) is 0 Å². The van der Waals surface area contributed by atoms with Crippen molar-refractivity contribution in [1.82, 2.24) is 0 Å². The minimum Gasteiger partial charge on any atom is -0.382 e. The van der Waals surface area contributed by atoms with Gasteiger partial charge in [-0.1, -0.05) is 22.9 Å². The van der Waals surface area contributed by atoms with Crippen LogP contribution in [-0.2, 0) is 0 Å². The average Bonchev–Trinajstić information content (AvgIpc) is 2.16. The molecule has 0 amide bonds. The Labute approximate surface area is 99.2 Å². The SMILES string of the molecule is CCC(=O)c1ccc(Br)cc1NC(C)C. The zero-order valence-electron chi connectivity index (χ0n) is 9.30.